The van der Waals surface area contributed by atoms with Gasteiger partial charge in [-0.15, -0.1) is 0 Å². The fourth-order valence-electron chi connectivity index (χ4n) is 2.02. The highest BCUT2D eigenvalue weighted by Gasteiger charge is 2.19. The maximum Gasteiger partial charge on any atom is 0.143 e. The van der Waals surface area contributed by atoms with Gasteiger partial charge < -0.3 is 9.88 Å². The minimum Gasteiger partial charge on any atom is -0.336 e. The van der Waals surface area contributed by atoms with Gasteiger partial charge in [-0.25, -0.2) is 13.8 Å². The molecule has 2 aromatic rings. The van der Waals surface area contributed by atoms with Crippen LogP contribution >= 0.6 is 15.9 Å². The zero-order chi connectivity index (χ0) is 14.0. The highest BCUT2D eigenvalue weighted by molar-refractivity contribution is 9.10. The SMILES string of the molecule is CNC(Cc1c(F)ccc(Br)c1F)c1cncn1C. The molecule has 0 bridgehead atoms. The Morgan fingerprint density at radius 1 is 1.42 bits per heavy atom. The quantitative estimate of drug-likeness (QED) is 0.874. The molecule has 19 heavy (non-hydrogen) atoms. The molecule has 2 rings (SSSR count). The zero-order valence-electron chi connectivity index (χ0n) is 10.6. The summed E-state index contributed by atoms with van der Waals surface area (Å²) in [5.74, 6) is -1.09. The molecule has 1 atom stereocenters. The van der Waals surface area contributed by atoms with E-state index in [2.05, 4.69) is 26.2 Å². The van der Waals surface area contributed by atoms with Crippen molar-refractivity contribution in [1.82, 2.24) is 14.9 Å². The molecule has 0 saturated heterocycles. The van der Waals surface area contributed by atoms with Crippen molar-refractivity contribution in [2.24, 2.45) is 7.05 Å². The smallest absolute Gasteiger partial charge is 0.143 e. The molecule has 1 N–H and O–H groups in total. The maximum absolute atomic E-state index is 14.0. The molecule has 0 fully saturated rings. The number of likely N-dealkylation sites (N-methyl/N-ethyl adjacent to an activating group) is 1. The highest BCUT2D eigenvalue weighted by atomic mass is 79.9. The second-order valence-electron chi connectivity index (χ2n) is 4.30. The summed E-state index contributed by atoms with van der Waals surface area (Å²) in [7, 11) is 3.60. The van der Waals surface area contributed by atoms with Crippen LogP contribution in [0.15, 0.2) is 29.1 Å². The Morgan fingerprint density at radius 3 is 2.74 bits per heavy atom. The Hall–Kier alpha value is -1.27. The molecular weight excluding hydrogens is 316 g/mol. The van der Waals surface area contributed by atoms with E-state index < -0.39 is 11.6 Å². The van der Waals surface area contributed by atoms with Gasteiger partial charge in [-0.2, -0.15) is 0 Å². The van der Waals surface area contributed by atoms with Gasteiger partial charge in [0.05, 0.1) is 22.5 Å². The lowest BCUT2D eigenvalue weighted by atomic mass is 10.0. The molecule has 102 valence electrons. The van der Waals surface area contributed by atoms with E-state index in [9.17, 15) is 8.78 Å². The summed E-state index contributed by atoms with van der Waals surface area (Å²) in [6.45, 7) is 0. The first kappa shape index (κ1) is 14.1. The lowest BCUT2D eigenvalue weighted by Crippen LogP contribution is -2.22. The molecule has 3 nitrogen and oxygen atoms in total. The van der Waals surface area contributed by atoms with Crippen LogP contribution in [0.4, 0.5) is 8.78 Å². The number of nitrogens with zero attached hydrogens (tertiary/aromatic N) is 2. The first-order chi connectivity index (χ1) is 9.04. The van der Waals surface area contributed by atoms with Gasteiger partial charge in [0, 0.05) is 18.8 Å². The van der Waals surface area contributed by atoms with Crippen LogP contribution in [0, 0.1) is 11.6 Å². The van der Waals surface area contributed by atoms with Gasteiger partial charge in [0.1, 0.15) is 11.6 Å². The van der Waals surface area contributed by atoms with Gasteiger partial charge in [0.15, 0.2) is 0 Å². The molecule has 0 aliphatic heterocycles. The van der Waals surface area contributed by atoms with E-state index in [4.69, 9.17) is 0 Å². The van der Waals surface area contributed by atoms with Crippen LogP contribution in [0.5, 0.6) is 0 Å². The summed E-state index contributed by atoms with van der Waals surface area (Å²) in [6, 6.07) is 2.43. The fourth-order valence-corrected chi connectivity index (χ4v) is 2.39. The Kier molecular flexibility index (Phi) is 4.31. The number of imidazole rings is 1. The molecule has 0 radical (unpaired) electrons. The molecule has 0 aliphatic carbocycles. The Bertz CT molecular complexity index is 583. The number of nitrogens with one attached hydrogen (secondary N) is 1. The van der Waals surface area contributed by atoms with Gasteiger partial charge in [-0.05, 0) is 41.5 Å². The van der Waals surface area contributed by atoms with Gasteiger partial charge in [-0.3, -0.25) is 0 Å². The number of rotatable bonds is 4. The summed E-state index contributed by atoms with van der Waals surface area (Å²) in [6.07, 6.45) is 3.56. The van der Waals surface area contributed by atoms with Crippen molar-refractivity contribution in [2.75, 3.05) is 7.05 Å². The van der Waals surface area contributed by atoms with Gasteiger partial charge >= 0.3 is 0 Å². The third-order valence-electron chi connectivity index (χ3n) is 3.11. The van der Waals surface area contributed by atoms with Crippen LogP contribution in [-0.4, -0.2) is 16.6 Å². The lowest BCUT2D eigenvalue weighted by Gasteiger charge is -2.18. The lowest BCUT2D eigenvalue weighted by molar-refractivity contribution is 0.499. The molecule has 1 aromatic carbocycles. The molecule has 1 aromatic heterocycles. The van der Waals surface area contributed by atoms with E-state index in [1.807, 2.05) is 11.6 Å². The molecule has 1 heterocycles. The largest absolute Gasteiger partial charge is 0.336 e. The summed E-state index contributed by atoms with van der Waals surface area (Å²) in [5, 5.41) is 3.06. The van der Waals surface area contributed by atoms with Crippen LogP contribution in [0.25, 0.3) is 0 Å². The standard InChI is InChI=1S/C13H14BrF2N3/c1-17-11(12-6-18-7-19(12)2)5-8-10(15)4-3-9(14)13(8)16/h3-4,6-7,11,17H,5H2,1-2H3. The number of aryl methyl sites for hydroxylation is 1. The number of benzene rings is 1. The molecule has 1 unspecified atom stereocenters. The summed E-state index contributed by atoms with van der Waals surface area (Å²) in [5.41, 5.74) is 0.941. The second-order valence-corrected chi connectivity index (χ2v) is 5.15. The molecule has 0 spiro atoms. The number of hydrogen-bond acceptors (Lipinski definition) is 2. The van der Waals surface area contributed by atoms with E-state index in [0.29, 0.717) is 0 Å². The predicted octanol–water partition coefficient (Wildman–Crippen LogP) is 2.96. The molecule has 0 amide bonds. The van der Waals surface area contributed by atoms with Crippen LogP contribution in [-0.2, 0) is 13.5 Å². The Morgan fingerprint density at radius 2 is 2.16 bits per heavy atom. The predicted molar refractivity (Wildman–Crippen MR) is 72.8 cm³/mol. The first-order valence-electron chi connectivity index (χ1n) is 5.80. The summed E-state index contributed by atoms with van der Waals surface area (Å²) in [4.78, 5) is 4.02. The van der Waals surface area contributed by atoms with Crippen molar-refractivity contribution >= 4 is 15.9 Å². The first-order valence-corrected chi connectivity index (χ1v) is 6.59. The molecular formula is C13H14BrF2N3. The zero-order valence-corrected chi connectivity index (χ0v) is 12.2. The maximum atomic E-state index is 14.0. The third kappa shape index (κ3) is 2.84. The van der Waals surface area contributed by atoms with Gasteiger partial charge in [-0.1, -0.05) is 0 Å². The van der Waals surface area contributed by atoms with Crippen molar-refractivity contribution in [2.45, 2.75) is 12.5 Å². The van der Waals surface area contributed by atoms with Gasteiger partial charge in [0.2, 0.25) is 0 Å². The third-order valence-corrected chi connectivity index (χ3v) is 3.72. The summed E-state index contributed by atoms with van der Waals surface area (Å²) >= 11 is 3.08. The molecule has 0 saturated carbocycles. The Balaban J connectivity index is 2.34. The number of halogens is 3. The topological polar surface area (TPSA) is 29.9 Å². The summed E-state index contributed by atoms with van der Waals surface area (Å²) < 4.78 is 29.8. The fraction of sp³-hybridized carbons (Fsp3) is 0.308. The minimum absolute atomic E-state index is 0.0647. The van der Waals surface area contributed by atoms with Crippen molar-refractivity contribution in [3.05, 3.63) is 52.0 Å². The van der Waals surface area contributed by atoms with E-state index in [0.717, 1.165) is 5.69 Å². The van der Waals surface area contributed by atoms with Crippen molar-refractivity contribution in [3.63, 3.8) is 0 Å². The number of hydrogen-bond donors (Lipinski definition) is 1. The average Bonchev–Trinajstić information content (AvgIpc) is 2.81. The number of aromatic nitrogens is 2. The van der Waals surface area contributed by atoms with Crippen LogP contribution in [0.1, 0.15) is 17.3 Å². The highest BCUT2D eigenvalue weighted by Crippen LogP contribution is 2.26. The monoisotopic (exact) mass is 329 g/mol. The Labute approximate surface area is 118 Å². The minimum atomic E-state index is -0.553. The van der Waals surface area contributed by atoms with E-state index in [1.165, 1.54) is 12.1 Å². The normalized spacial score (nSPS) is 12.7. The van der Waals surface area contributed by atoms with Crippen molar-refractivity contribution < 1.29 is 8.78 Å². The average molecular weight is 330 g/mol. The second kappa shape index (κ2) is 5.79. The molecule has 6 heteroatoms. The van der Waals surface area contributed by atoms with E-state index in [-0.39, 0.29) is 22.5 Å². The van der Waals surface area contributed by atoms with Crippen molar-refractivity contribution in [1.29, 1.82) is 0 Å². The van der Waals surface area contributed by atoms with E-state index >= 15 is 0 Å². The van der Waals surface area contributed by atoms with Crippen molar-refractivity contribution in [3.8, 4) is 0 Å². The van der Waals surface area contributed by atoms with Crippen LogP contribution < -0.4 is 5.32 Å². The van der Waals surface area contributed by atoms with Crippen LogP contribution in [0.2, 0.25) is 0 Å². The molecule has 0 aliphatic rings. The van der Waals surface area contributed by atoms with E-state index in [1.54, 1.807) is 19.6 Å². The van der Waals surface area contributed by atoms with Gasteiger partial charge in [0.25, 0.3) is 0 Å². The van der Waals surface area contributed by atoms with Crippen LogP contribution in [0.3, 0.4) is 0 Å².